The van der Waals surface area contributed by atoms with Crippen LogP contribution < -0.4 is 56.5 Å². The summed E-state index contributed by atoms with van der Waals surface area (Å²) in [6.45, 7) is 4.52. The van der Waals surface area contributed by atoms with Gasteiger partial charge in [0.2, 0.25) is 6.54 Å². The molecule has 8 heteroatoms. The summed E-state index contributed by atoms with van der Waals surface area (Å²) < 4.78 is 0. The summed E-state index contributed by atoms with van der Waals surface area (Å²) >= 11 is 11.2. The van der Waals surface area contributed by atoms with Gasteiger partial charge < -0.3 is 5.11 Å². The van der Waals surface area contributed by atoms with Crippen molar-refractivity contribution in [3.63, 3.8) is 0 Å². The molecule has 0 saturated carbocycles. The van der Waals surface area contributed by atoms with Gasteiger partial charge in [0.15, 0.2) is 0 Å². The van der Waals surface area contributed by atoms with Gasteiger partial charge >= 0.3 is 51.4 Å². The van der Waals surface area contributed by atoms with Gasteiger partial charge in [-0.2, -0.15) is 0 Å². The molecule has 0 aliphatic rings. The number of nitrogens with zero attached hydrogens (tertiary/aromatic N) is 2. The maximum Gasteiger partial charge on any atom is 1.00 e. The molecule has 0 N–H and O–H groups in total. The molecule has 0 saturated heterocycles. The second kappa shape index (κ2) is 9.60. The molecular formula is C10H13Cl2KN2O3. The molecule has 1 aromatic heterocycles. The second-order valence-corrected chi connectivity index (χ2v) is 5.03. The van der Waals surface area contributed by atoms with Crippen LogP contribution in [0.25, 0.3) is 0 Å². The van der Waals surface area contributed by atoms with Crippen LogP contribution >= 0.6 is 23.2 Å². The first-order chi connectivity index (χ1) is 7.59. The van der Waals surface area contributed by atoms with E-state index in [1.165, 1.54) is 12.3 Å². The Kier molecular flexibility index (Phi) is 11.2. The quantitative estimate of drug-likeness (QED) is 0.411. The fourth-order valence-electron chi connectivity index (χ4n) is 0.682. The predicted octanol–water partition coefficient (Wildman–Crippen LogP) is -0.686. The number of pyridine rings is 1. The summed E-state index contributed by atoms with van der Waals surface area (Å²) in [6.07, 6.45) is 1.33. The molecule has 0 fully saturated rings. The van der Waals surface area contributed by atoms with Crippen molar-refractivity contribution in [3.8, 4) is 0 Å². The van der Waals surface area contributed by atoms with Gasteiger partial charge in [-0.3, -0.25) is 15.1 Å². The minimum atomic E-state index is -0.750. The van der Waals surface area contributed by atoms with Crippen molar-refractivity contribution in [3.05, 3.63) is 38.1 Å². The van der Waals surface area contributed by atoms with Crippen LogP contribution in [0.15, 0.2) is 12.3 Å². The van der Waals surface area contributed by atoms with E-state index in [1.54, 1.807) is 20.8 Å². The van der Waals surface area contributed by atoms with Crippen molar-refractivity contribution in [2.45, 2.75) is 32.9 Å². The van der Waals surface area contributed by atoms with E-state index in [4.69, 9.17) is 23.2 Å². The van der Waals surface area contributed by atoms with Gasteiger partial charge in [-0.05, 0) is 6.07 Å². The zero-order chi connectivity index (χ0) is 13.6. The fraction of sp³-hybridized carbons (Fsp3) is 0.500. The fourth-order valence-corrected chi connectivity index (χ4v) is 1.12. The molecule has 1 rings (SSSR count). The number of hydrogen-bond acceptors (Lipinski definition) is 4. The van der Waals surface area contributed by atoms with Crippen LogP contribution in [0.1, 0.15) is 26.5 Å². The van der Waals surface area contributed by atoms with E-state index < -0.39 is 10.5 Å². The van der Waals surface area contributed by atoms with Crippen LogP contribution in [-0.4, -0.2) is 15.5 Å². The van der Waals surface area contributed by atoms with Gasteiger partial charge in [0.05, 0.1) is 10.0 Å². The zero-order valence-corrected chi connectivity index (χ0v) is 15.4. The Labute approximate surface area is 158 Å². The van der Waals surface area contributed by atoms with Crippen LogP contribution in [0.2, 0.25) is 10.0 Å². The van der Waals surface area contributed by atoms with Gasteiger partial charge in [0, 0.05) is 11.1 Å². The van der Waals surface area contributed by atoms with E-state index in [0.717, 1.165) is 0 Å². The molecule has 0 bridgehead atoms. The summed E-state index contributed by atoms with van der Waals surface area (Å²) in [7, 11) is 0. The molecule has 0 spiro atoms. The molecule has 96 valence electrons. The topological polar surface area (TPSA) is 79.1 Å². The Morgan fingerprint density at radius 2 is 1.83 bits per heavy atom. The Hall–Kier alpha value is 0.726. The van der Waals surface area contributed by atoms with E-state index in [-0.39, 0.29) is 68.6 Å². The van der Waals surface area contributed by atoms with Crippen molar-refractivity contribution in [1.29, 1.82) is 0 Å². The van der Waals surface area contributed by atoms with Crippen LogP contribution in [0.3, 0.4) is 0 Å². The Balaban J connectivity index is 0. The molecule has 18 heavy (non-hydrogen) atoms. The van der Waals surface area contributed by atoms with Gasteiger partial charge in [0.25, 0.3) is 0 Å². The molecule has 0 aliphatic carbocycles. The van der Waals surface area contributed by atoms with Crippen LogP contribution in [-0.2, 0) is 6.54 Å². The van der Waals surface area contributed by atoms with Gasteiger partial charge in [0.1, 0.15) is 5.69 Å². The Morgan fingerprint density at radius 3 is 2.17 bits per heavy atom. The molecule has 0 aliphatic heterocycles. The standard InChI is InChI=1S/C6H4Cl2N2O2.C4H9O.K/c7-4-1-5(8)6(9-2-4)3-10(11)12;1-4(2,3)5;/h1-2H,3H2;1-3H3;/q;-1;+1. The van der Waals surface area contributed by atoms with Crippen molar-refractivity contribution < 1.29 is 61.4 Å². The maximum absolute atomic E-state index is 10.1. The number of rotatable bonds is 2. The predicted molar refractivity (Wildman–Crippen MR) is 64.7 cm³/mol. The van der Waals surface area contributed by atoms with E-state index in [0.29, 0.717) is 5.02 Å². The summed E-state index contributed by atoms with van der Waals surface area (Å²) in [5, 5.41) is 20.8. The van der Waals surface area contributed by atoms with E-state index in [9.17, 15) is 15.2 Å². The minimum absolute atomic E-state index is 0. The molecule has 0 amide bonds. The van der Waals surface area contributed by atoms with Crippen molar-refractivity contribution >= 4 is 23.2 Å². The largest absolute Gasteiger partial charge is 1.00 e. The number of halogens is 2. The monoisotopic (exact) mass is 318 g/mol. The van der Waals surface area contributed by atoms with Crippen LogP contribution in [0.4, 0.5) is 0 Å². The molecule has 1 heterocycles. The Morgan fingerprint density at radius 1 is 1.39 bits per heavy atom. The second-order valence-electron chi connectivity index (χ2n) is 4.19. The van der Waals surface area contributed by atoms with E-state index in [1.807, 2.05) is 0 Å². The molecular weight excluding hydrogens is 306 g/mol. The van der Waals surface area contributed by atoms with Gasteiger partial charge in [-0.25, -0.2) is 0 Å². The SMILES string of the molecule is CC(C)(C)[O-].O=[N+]([O-])Cc1ncc(Cl)cc1Cl.[K+]. The summed E-state index contributed by atoms with van der Waals surface area (Å²) in [5.41, 5.74) is -0.522. The first-order valence-electron chi connectivity index (χ1n) is 4.71. The smallest absolute Gasteiger partial charge is 0.850 e. The molecule has 0 unspecified atom stereocenters. The molecule has 5 nitrogen and oxygen atoms in total. The van der Waals surface area contributed by atoms with E-state index >= 15 is 0 Å². The molecule has 0 radical (unpaired) electrons. The van der Waals surface area contributed by atoms with E-state index in [2.05, 4.69) is 4.98 Å². The number of hydrogen-bond donors (Lipinski definition) is 0. The molecule has 0 atom stereocenters. The summed E-state index contributed by atoms with van der Waals surface area (Å²) in [5.74, 6) is 0. The average Bonchev–Trinajstić information content (AvgIpc) is 2.06. The van der Waals surface area contributed by atoms with Gasteiger partial charge in [-0.1, -0.05) is 44.0 Å². The zero-order valence-electron chi connectivity index (χ0n) is 10.7. The Bertz CT molecular complexity index is 391. The number of nitro groups is 1. The minimum Gasteiger partial charge on any atom is -0.850 e. The third-order valence-corrected chi connectivity index (χ3v) is 1.70. The van der Waals surface area contributed by atoms with Crippen molar-refractivity contribution in [2.24, 2.45) is 0 Å². The molecule has 1 aromatic rings. The third-order valence-electron chi connectivity index (χ3n) is 1.16. The normalized spacial score (nSPS) is 9.89. The van der Waals surface area contributed by atoms with Gasteiger partial charge in [-0.15, -0.1) is 5.60 Å². The van der Waals surface area contributed by atoms with Crippen molar-refractivity contribution in [2.75, 3.05) is 0 Å². The average molecular weight is 319 g/mol. The first-order valence-corrected chi connectivity index (χ1v) is 5.47. The third kappa shape index (κ3) is 13.2. The first kappa shape index (κ1) is 21.0. The van der Waals surface area contributed by atoms with Crippen LogP contribution in [0.5, 0.6) is 0 Å². The summed E-state index contributed by atoms with van der Waals surface area (Å²) in [4.78, 5) is 13.3. The van der Waals surface area contributed by atoms with Crippen LogP contribution in [0, 0.1) is 10.1 Å². The van der Waals surface area contributed by atoms with Crippen molar-refractivity contribution in [1.82, 2.24) is 4.98 Å². The number of aromatic nitrogens is 1. The summed E-state index contributed by atoms with van der Waals surface area (Å²) in [6, 6.07) is 1.43. The molecule has 0 aromatic carbocycles. The maximum atomic E-state index is 10.1.